The highest BCUT2D eigenvalue weighted by Gasteiger charge is 2.37. The van der Waals surface area contributed by atoms with E-state index in [-0.39, 0.29) is 5.91 Å². The summed E-state index contributed by atoms with van der Waals surface area (Å²) in [6.07, 6.45) is 4.98. The fourth-order valence-electron chi connectivity index (χ4n) is 2.95. The van der Waals surface area contributed by atoms with Crippen LogP contribution in [0.25, 0.3) is 0 Å². The van der Waals surface area contributed by atoms with Crippen LogP contribution in [-0.4, -0.2) is 47.9 Å². The number of piperidine rings is 1. The minimum atomic E-state index is -0.878. The van der Waals surface area contributed by atoms with Crippen LogP contribution in [0.4, 0.5) is 0 Å². The highest BCUT2D eigenvalue weighted by Crippen LogP contribution is 2.24. The number of carbonyl (C=O) groups is 1. The monoisotopic (exact) mass is 249 g/mol. The number of likely N-dealkylation sites (tertiary alicyclic amines) is 2. The summed E-state index contributed by atoms with van der Waals surface area (Å²) in [5, 5.41) is 9.03. The van der Waals surface area contributed by atoms with Gasteiger partial charge in [-0.3, -0.25) is 9.69 Å². The van der Waals surface area contributed by atoms with Gasteiger partial charge in [0.05, 0.1) is 6.07 Å². The molecule has 4 nitrogen and oxygen atoms in total. The molecule has 0 N–H and O–H groups in total. The molecule has 2 saturated heterocycles. The molecule has 4 heteroatoms. The Morgan fingerprint density at radius 1 is 1.22 bits per heavy atom. The third-order valence-corrected chi connectivity index (χ3v) is 4.17. The molecule has 2 rings (SSSR count). The molecule has 0 aliphatic carbocycles. The standard InChI is InChI=1S/C14H23N3O/c1-14(2,11-15)13(18)17-9-6-12(10-17)16-7-4-3-5-8-16/h12H,3-10H2,1-2H3. The normalized spacial score (nSPS) is 26.1. The van der Waals surface area contributed by atoms with E-state index in [1.807, 2.05) is 4.90 Å². The van der Waals surface area contributed by atoms with Crippen LogP contribution < -0.4 is 0 Å². The van der Waals surface area contributed by atoms with E-state index < -0.39 is 5.41 Å². The predicted molar refractivity (Wildman–Crippen MR) is 69.8 cm³/mol. The molecule has 0 aromatic carbocycles. The maximum Gasteiger partial charge on any atom is 0.242 e. The van der Waals surface area contributed by atoms with E-state index in [1.54, 1.807) is 13.8 Å². The molecular weight excluding hydrogens is 226 g/mol. The van der Waals surface area contributed by atoms with Crippen molar-refractivity contribution >= 4 is 5.91 Å². The molecule has 1 atom stereocenters. The first-order valence-corrected chi connectivity index (χ1v) is 6.99. The smallest absolute Gasteiger partial charge is 0.242 e. The summed E-state index contributed by atoms with van der Waals surface area (Å²) in [6, 6.07) is 2.62. The van der Waals surface area contributed by atoms with Gasteiger partial charge in [0.1, 0.15) is 5.41 Å². The third kappa shape index (κ3) is 2.67. The van der Waals surface area contributed by atoms with E-state index in [1.165, 1.54) is 32.4 Å². The minimum absolute atomic E-state index is 0.00971. The number of nitriles is 1. The molecule has 2 aliphatic rings. The van der Waals surface area contributed by atoms with E-state index in [0.29, 0.717) is 6.04 Å². The number of amides is 1. The molecule has 0 saturated carbocycles. The predicted octanol–water partition coefficient (Wildman–Crippen LogP) is 1.62. The van der Waals surface area contributed by atoms with Crippen molar-refractivity contribution in [3.8, 4) is 6.07 Å². The van der Waals surface area contributed by atoms with Gasteiger partial charge in [-0.05, 0) is 46.2 Å². The molecule has 1 unspecified atom stereocenters. The molecular formula is C14H23N3O. The second-order valence-corrected chi connectivity index (χ2v) is 6.03. The van der Waals surface area contributed by atoms with Crippen molar-refractivity contribution in [1.29, 1.82) is 5.26 Å². The van der Waals surface area contributed by atoms with Gasteiger partial charge in [-0.2, -0.15) is 5.26 Å². The Bertz CT molecular complexity index is 353. The molecule has 2 heterocycles. The Morgan fingerprint density at radius 3 is 2.50 bits per heavy atom. The van der Waals surface area contributed by atoms with Gasteiger partial charge in [0.15, 0.2) is 0 Å². The van der Waals surface area contributed by atoms with Gasteiger partial charge in [-0.1, -0.05) is 6.42 Å². The van der Waals surface area contributed by atoms with E-state index in [9.17, 15) is 4.79 Å². The lowest BCUT2D eigenvalue weighted by atomic mass is 9.94. The highest BCUT2D eigenvalue weighted by atomic mass is 16.2. The van der Waals surface area contributed by atoms with Crippen molar-refractivity contribution in [3.05, 3.63) is 0 Å². The third-order valence-electron chi connectivity index (χ3n) is 4.17. The van der Waals surface area contributed by atoms with E-state index in [2.05, 4.69) is 11.0 Å². The summed E-state index contributed by atoms with van der Waals surface area (Å²) in [5.41, 5.74) is -0.878. The largest absolute Gasteiger partial charge is 0.340 e. The quantitative estimate of drug-likeness (QED) is 0.747. The second kappa shape index (κ2) is 5.27. The fourth-order valence-corrected chi connectivity index (χ4v) is 2.95. The molecule has 2 aliphatic heterocycles. The number of rotatable bonds is 2. The highest BCUT2D eigenvalue weighted by molar-refractivity contribution is 5.84. The van der Waals surface area contributed by atoms with Crippen LogP contribution in [0, 0.1) is 16.7 Å². The van der Waals surface area contributed by atoms with Crippen LogP contribution in [0.2, 0.25) is 0 Å². The number of carbonyl (C=O) groups excluding carboxylic acids is 1. The summed E-state index contributed by atoms with van der Waals surface area (Å²) < 4.78 is 0. The van der Waals surface area contributed by atoms with Crippen molar-refractivity contribution < 1.29 is 4.79 Å². The van der Waals surface area contributed by atoms with Gasteiger partial charge in [0.25, 0.3) is 0 Å². The average Bonchev–Trinajstić information content (AvgIpc) is 2.88. The lowest BCUT2D eigenvalue weighted by Gasteiger charge is -2.32. The van der Waals surface area contributed by atoms with E-state index in [4.69, 9.17) is 5.26 Å². The van der Waals surface area contributed by atoms with Gasteiger partial charge in [0, 0.05) is 19.1 Å². The van der Waals surface area contributed by atoms with Gasteiger partial charge < -0.3 is 4.90 Å². The van der Waals surface area contributed by atoms with Gasteiger partial charge in [-0.15, -0.1) is 0 Å². The summed E-state index contributed by atoms with van der Waals surface area (Å²) >= 11 is 0. The van der Waals surface area contributed by atoms with Gasteiger partial charge in [-0.25, -0.2) is 0 Å². The Labute approximate surface area is 110 Å². The molecule has 18 heavy (non-hydrogen) atoms. The van der Waals surface area contributed by atoms with Crippen molar-refractivity contribution in [2.24, 2.45) is 5.41 Å². The second-order valence-electron chi connectivity index (χ2n) is 6.03. The summed E-state index contributed by atoms with van der Waals surface area (Å²) in [7, 11) is 0. The lowest BCUT2D eigenvalue weighted by Crippen LogP contribution is -2.44. The SMILES string of the molecule is CC(C)(C#N)C(=O)N1CCC(N2CCCCC2)C1. The van der Waals surface area contributed by atoms with Crippen molar-refractivity contribution in [2.45, 2.75) is 45.6 Å². The maximum absolute atomic E-state index is 12.2. The molecule has 0 aromatic heterocycles. The zero-order chi connectivity index (χ0) is 13.2. The van der Waals surface area contributed by atoms with Gasteiger partial charge >= 0.3 is 0 Å². The zero-order valence-corrected chi connectivity index (χ0v) is 11.5. The molecule has 2 fully saturated rings. The first kappa shape index (κ1) is 13.4. The lowest BCUT2D eigenvalue weighted by molar-refractivity contribution is -0.136. The summed E-state index contributed by atoms with van der Waals surface area (Å²) in [6.45, 7) is 7.39. The van der Waals surface area contributed by atoms with Crippen molar-refractivity contribution in [3.63, 3.8) is 0 Å². The van der Waals surface area contributed by atoms with Crippen LogP contribution in [-0.2, 0) is 4.79 Å². The van der Waals surface area contributed by atoms with E-state index >= 15 is 0 Å². The molecule has 0 aromatic rings. The fraction of sp³-hybridized carbons (Fsp3) is 0.857. The Hall–Kier alpha value is -1.08. The van der Waals surface area contributed by atoms with Crippen LogP contribution >= 0.6 is 0 Å². The van der Waals surface area contributed by atoms with Crippen LogP contribution in [0.5, 0.6) is 0 Å². The molecule has 0 spiro atoms. The first-order valence-electron chi connectivity index (χ1n) is 6.99. The van der Waals surface area contributed by atoms with Gasteiger partial charge in [0.2, 0.25) is 5.91 Å². The maximum atomic E-state index is 12.2. The van der Waals surface area contributed by atoms with Crippen LogP contribution in [0.3, 0.4) is 0 Å². The first-order chi connectivity index (χ1) is 8.54. The number of hydrogen-bond donors (Lipinski definition) is 0. The van der Waals surface area contributed by atoms with Crippen LogP contribution in [0.1, 0.15) is 39.5 Å². The average molecular weight is 249 g/mol. The minimum Gasteiger partial charge on any atom is -0.340 e. The van der Waals surface area contributed by atoms with Crippen LogP contribution in [0.15, 0.2) is 0 Å². The molecule has 1 amide bonds. The molecule has 100 valence electrons. The van der Waals surface area contributed by atoms with Crippen molar-refractivity contribution in [1.82, 2.24) is 9.80 Å². The van der Waals surface area contributed by atoms with Crippen molar-refractivity contribution in [2.75, 3.05) is 26.2 Å². The van der Waals surface area contributed by atoms with E-state index in [0.717, 1.165) is 19.5 Å². The number of hydrogen-bond acceptors (Lipinski definition) is 3. The number of nitrogens with zero attached hydrogens (tertiary/aromatic N) is 3. The Morgan fingerprint density at radius 2 is 1.89 bits per heavy atom. The molecule has 0 radical (unpaired) electrons. The topological polar surface area (TPSA) is 47.3 Å². The molecule has 0 bridgehead atoms. The summed E-state index contributed by atoms with van der Waals surface area (Å²) in [4.78, 5) is 16.6. The zero-order valence-electron chi connectivity index (χ0n) is 11.5. The summed E-state index contributed by atoms with van der Waals surface area (Å²) in [5.74, 6) is -0.00971. The Kier molecular flexibility index (Phi) is 3.91. The Balaban J connectivity index is 1.92.